The predicted octanol–water partition coefficient (Wildman–Crippen LogP) is 1.56. The molecule has 0 unspecified atom stereocenters. The van der Waals surface area contributed by atoms with Crippen molar-refractivity contribution in [3.8, 4) is 0 Å². The summed E-state index contributed by atoms with van der Waals surface area (Å²) in [5.74, 6) is -1.08. The van der Waals surface area contributed by atoms with E-state index in [1.54, 1.807) is 12.3 Å². The molecule has 1 amide bonds. The second-order valence-electron chi connectivity index (χ2n) is 5.63. The Morgan fingerprint density at radius 3 is 2.92 bits per heavy atom. The number of hydrogen-bond acceptors (Lipinski definition) is 4. The predicted molar refractivity (Wildman–Crippen MR) is 89.7 cm³/mol. The lowest BCUT2D eigenvalue weighted by Gasteiger charge is -2.08. The number of aryl methyl sites for hydroxylation is 1. The molecule has 0 aliphatic heterocycles. The molecule has 0 saturated carbocycles. The van der Waals surface area contributed by atoms with Crippen LogP contribution in [0.4, 0.5) is 4.39 Å². The van der Waals surface area contributed by atoms with Crippen molar-refractivity contribution in [3.05, 3.63) is 81.2 Å². The summed E-state index contributed by atoms with van der Waals surface area (Å²) in [4.78, 5) is 28.9. The Hall–Kier alpha value is -3.06. The van der Waals surface area contributed by atoms with Gasteiger partial charge in [0.05, 0.1) is 6.61 Å². The molecule has 3 rings (SSSR count). The lowest BCUT2D eigenvalue weighted by molar-refractivity contribution is 0.0949. The van der Waals surface area contributed by atoms with Gasteiger partial charge >= 0.3 is 0 Å². The van der Waals surface area contributed by atoms with Crippen molar-refractivity contribution in [1.82, 2.24) is 14.7 Å². The van der Waals surface area contributed by atoms with E-state index >= 15 is 0 Å². The Bertz CT molecular complexity index is 1010. The number of aliphatic hydroxyl groups is 1. The van der Waals surface area contributed by atoms with E-state index in [-0.39, 0.29) is 17.7 Å². The highest BCUT2D eigenvalue weighted by Crippen LogP contribution is 2.11. The van der Waals surface area contributed by atoms with Gasteiger partial charge in [0.25, 0.3) is 11.5 Å². The molecular weight excluding hydrogens is 325 g/mol. The molecule has 7 heteroatoms. The summed E-state index contributed by atoms with van der Waals surface area (Å²) in [5, 5.41) is 11.7. The summed E-state index contributed by atoms with van der Waals surface area (Å²) in [6, 6.07) is 7.73. The van der Waals surface area contributed by atoms with Crippen LogP contribution in [0.25, 0.3) is 5.65 Å². The topological polar surface area (TPSA) is 83.7 Å². The van der Waals surface area contributed by atoms with Crippen molar-refractivity contribution in [2.24, 2.45) is 0 Å². The first kappa shape index (κ1) is 16.8. The Morgan fingerprint density at radius 2 is 2.16 bits per heavy atom. The number of pyridine rings is 1. The highest BCUT2D eigenvalue weighted by atomic mass is 19.1. The van der Waals surface area contributed by atoms with Gasteiger partial charge in [-0.25, -0.2) is 9.37 Å². The van der Waals surface area contributed by atoms with Crippen LogP contribution >= 0.6 is 0 Å². The van der Waals surface area contributed by atoms with E-state index in [4.69, 9.17) is 5.11 Å². The van der Waals surface area contributed by atoms with E-state index in [9.17, 15) is 14.0 Å². The average molecular weight is 341 g/mol. The van der Waals surface area contributed by atoms with E-state index in [0.29, 0.717) is 11.2 Å². The molecule has 0 bridgehead atoms. The summed E-state index contributed by atoms with van der Waals surface area (Å²) in [6.45, 7) is 1.50. The summed E-state index contributed by atoms with van der Waals surface area (Å²) >= 11 is 0. The maximum absolute atomic E-state index is 13.4. The van der Waals surface area contributed by atoms with E-state index in [0.717, 1.165) is 5.56 Å². The Kier molecular flexibility index (Phi) is 4.58. The summed E-state index contributed by atoms with van der Waals surface area (Å²) in [6.07, 6.45) is 2.81. The molecule has 0 saturated heterocycles. The second-order valence-corrected chi connectivity index (χ2v) is 5.63. The molecule has 0 aliphatic carbocycles. The number of amides is 1. The number of carbonyl (C=O) groups excluding carboxylic acids is 1. The lowest BCUT2D eigenvalue weighted by atomic mass is 10.1. The molecule has 0 aliphatic rings. The smallest absolute Gasteiger partial charge is 0.270 e. The molecule has 0 fully saturated rings. The van der Waals surface area contributed by atoms with Crippen molar-refractivity contribution in [1.29, 1.82) is 0 Å². The van der Waals surface area contributed by atoms with Gasteiger partial charge in [-0.3, -0.25) is 14.0 Å². The zero-order chi connectivity index (χ0) is 18.0. The first-order valence-corrected chi connectivity index (χ1v) is 7.64. The molecule has 0 atom stereocenters. The Labute approximate surface area is 142 Å². The van der Waals surface area contributed by atoms with Crippen LogP contribution < -0.4 is 10.9 Å². The number of carbonyl (C=O) groups is 1. The number of hydrogen-bond donors (Lipinski definition) is 2. The monoisotopic (exact) mass is 341 g/mol. The van der Waals surface area contributed by atoms with E-state index in [1.807, 2.05) is 13.0 Å². The summed E-state index contributed by atoms with van der Waals surface area (Å²) in [5.41, 5.74) is 1.55. The van der Waals surface area contributed by atoms with Crippen molar-refractivity contribution < 1.29 is 14.3 Å². The molecule has 1 aromatic carbocycles. The number of benzene rings is 1. The standard InChI is InChI=1S/C18H16FN3O3/c1-11-3-2-6-22-16(11)20-9-14(18(22)25)17(24)21-8-12-4-5-15(19)13(7-12)10-23/h2-7,9,23H,8,10H2,1H3,(H,21,24). The minimum Gasteiger partial charge on any atom is -0.392 e. The molecule has 3 aromatic rings. The van der Waals surface area contributed by atoms with Crippen LogP contribution in [0.2, 0.25) is 0 Å². The SMILES string of the molecule is Cc1cccn2c(=O)c(C(=O)NCc3ccc(F)c(CO)c3)cnc12. The van der Waals surface area contributed by atoms with Gasteiger partial charge in [-0.15, -0.1) is 0 Å². The molecule has 2 aromatic heterocycles. The van der Waals surface area contributed by atoms with Crippen LogP contribution in [0, 0.1) is 12.7 Å². The van der Waals surface area contributed by atoms with E-state index < -0.39 is 23.9 Å². The van der Waals surface area contributed by atoms with Gasteiger partial charge < -0.3 is 10.4 Å². The van der Waals surface area contributed by atoms with Crippen molar-refractivity contribution in [3.63, 3.8) is 0 Å². The van der Waals surface area contributed by atoms with Gasteiger partial charge in [-0.2, -0.15) is 0 Å². The number of fused-ring (bicyclic) bond motifs is 1. The lowest BCUT2D eigenvalue weighted by Crippen LogP contribution is -2.31. The Morgan fingerprint density at radius 1 is 1.36 bits per heavy atom. The third-order valence-corrected chi connectivity index (χ3v) is 3.91. The second kappa shape index (κ2) is 6.82. The van der Waals surface area contributed by atoms with Crippen LogP contribution in [-0.2, 0) is 13.2 Å². The molecule has 0 radical (unpaired) electrons. The van der Waals surface area contributed by atoms with Crippen molar-refractivity contribution >= 4 is 11.6 Å². The van der Waals surface area contributed by atoms with Crippen LogP contribution in [0.5, 0.6) is 0 Å². The van der Waals surface area contributed by atoms with Crippen LogP contribution in [0.15, 0.2) is 47.5 Å². The maximum atomic E-state index is 13.4. The maximum Gasteiger partial charge on any atom is 0.270 e. The zero-order valence-corrected chi connectivity index (χ0v) is 13.5. The zero-order valence-electron chi connectivity index (χ0n) is 13.5. The minimum atomic E-state index is -0.566. The highest BCUT2D eigenvalue weighted by molar-refractivity contribution is 5.93. The normalized spacial score (nSPS) is 10.8. The van der Waals surface area contributed by atoms with Crippen LogP contribution in [0.3, 0.4) is 0 Å². The minimum absolute atomic E-state index is 0.0763. The first-order valence-electron chi connectivity index (χ1n) is 7.64. The third kappa shape index (κ3) is 3.27. The fourth-order valence-corrected chi connectivity index (χ4v) is 2.54. The molecular formula is C18H16FN3O3. The van der Waals surface area contributed by atoms with E-state index in [2.05, 4.69) is 10.3 Å². The van der Waals surface area contributed by atoms with Crippen molar-refractivity contribution in [2.45, 2.75) is 20.1 Å². The highest BCUT2D eigenvalue weighted by Gasteiger charge is 2.14. The van der Waals surface area contributed by atoms with Crippen LogP contribution in [0.1, 0.15) is 27.0 Å². The summed E-state index contributed by atoms with van der Waals surface area (Å²) in [7, 11) is 0. The fourth-order valence-electron chi connectivity index (χ4n) is 2.54. The van der Waals surface area contributed by atoms with Crippen molar-refractivity contribution in [2.75, 3.05) is 0 Å². The van der Waals surface area contributed by atoms with Gasteiger partial charge in [0, 0.05) is 24.5 Å². The summed E-state index contributed by atoms with van der Waals surface area (Å²) < 4.78 is 14.7. The number of nitrogens with zero attached hydrogens (tertiary/aromatic N) is 2. The van der Waals surface area contributed by atoms with Gasteiger partial charge in [0.1, 0.15) is 17.0 Å². The first-order chi connectivity index (χ1) is 12.0. The quantitative estimate of drug-likeness (QED) is 0.754. The molecule has 25 heavy (non-hydrogen) atoms. The largest absolute Gasteiger partial charge is 0.392 e. The molecule has 6 nitrogen and oxygen atoms in total. The Balaban J connectivity index is 1.83. The van der Waals surface area contributed by atoms with Gasteiger partial charge in [0.2, 0.25) is 0 Å². The molecule has 2 heterocycles. The number of rotatable bonds is 4. The average Bonchev–Trinajstić information content (AvgIpc) is 2.62. The van der Waals surface area contributed by atoms with Gasteiger partial charge in [0.15, 0.2) is 0 Å². The van der Waals surface area contributed by atoms with Gasteiger partial charge in [-0.1, -0.05) is 12.1 Å². The van der Waals surface area contributed by atoms with Crippen LogP contribution in [-0.4, -0.2) is 20.4 Å². The molecule has 128 valence electrons. The molecule has 0 spiro atoms. The van der Waals surface area contributed by atoms with E-state index in [1.165, 1.54) is 28.8 Å². The number of nitrogens with one attached hydrogen (secondary N) is 1. The fraction of sp³-hybridized carbons (Fsp3) is 0.167. The number of aliphatic hydroxyl groups excluding tert-OH is 1. The molecule has 2 N–H and O–H groups in total. The number of aromatic nitrogens is 2. The number of halogens is 1. The van der Waals surface area contributed by atoms with Gasteiger partial charge in [-0.05, 0) is 36.2 Å². The third-order valence-electron chi connectivity index (χ3n) is 3.91.